The number of ether oxygens (including phenoxy) is 1. The van der Waals surface area contributed by atoms with Crippen LogP contribution in [0.4, 0.5) is 19.3 Å². The van der Waals surface area contributed by atoms with E-state index < -0.39 is 36.5 Å². The van der Waals surface area contributed by atoms with E-state index >= 15 is 0 Å². The van der Waals surface area contributed by atoms with Gasteiger partial charge in [-0.05, 0) is 48.6 Å². The van der Waals surface area contributed by atoms with Crippen LogP contribution in [0.25, 0.3) is 0 Å². The SMILES string of the molecule is O=C(CN1C(=O)NC2(CCCc3ccccc32)C1=O)Nc1ccc(OC(F)F)c(Cl)c1. The Labute approximate surface area is 181 Å². The summed E-state index contributed by atoms with van der Waals surface area (Å²) in [7, 11) is 0. The van der Waals surface area contributed by atoms with Crippen molar-refractivity contribution < 1.29 is 27.9 Å². The van der Waals surface area contributed by atoms with Crippen LogP contribution in [-0.4, -0.2) is 35.9 Å². The van der Waals surface area contributed by atoms with Gasteiger partial charge in [-0.15, -0.1) is 0 Å². The zero-order valence-corrected chi connectivity index (χ0v) is 16.9. The fourth-order valence-corrected chi connectivity index (χ4v) is 4.29. The molecule has 7 nitrogen and oxygen atoms in total. The Kier molecular flexibility index (Phi) is 5.53. The summed E-state index contributed by atoms with van der Waals surface area (Å²) < 4.78 is 28.9. The van der Waals surface area contributed by atoms with Crippen LogP contribution in [0.5, 0.6) is 5.75 Å². The molecule has 0 radical (unpaired) electrons. The number of urea groups is 1. The number of benzene rings is 2. The maximum absolute atomic E-state index is 13.2. The minimum absolute atomic E-state index is 0.120. The number of imide groups is 1. The molecular weight excluding hydrogens is 432 g/mol. The van der Waals surface area contributed by atoms with E-state index in [1.807, 2.05) is 24.3 Å². The van der Waals surface area contributed by atoms with Crippen molar-refractivity contribution in [2.45, 2.75) is 31.4 Å². The van der Waals surface area contributed by atoms with Crippen LogP contribution < -0.4 is 15.4 Å². The van der Waals surface area contributed by atoms with Crippen molar-refractivity contribution in [3.63, 3.8) is 0 Å². The third kappa shape index (κ3) is 3.93. The number of fused-ring (bicyclic) bond motifs is 2. The van der Waals surface area contributed by atoms with Gasteiger partial charge in [-0.2, -0.15) is 8.78 Å². The number of halogens is 3. The van der Waals surface area contributed by atoms with Gasteiger partial charge in [0.25, 0.3) is 5.91 Å². The molecule has 0 saturated carbocycles. The molecule has 2 aliphatic rings. The van der Waals surface area contributed by atoms with Crippen molar-refractivity contribution in [3.8, 4) is 5.75 Å². The summed E-state index contributed by atoms with van der Waals surface area (Å²) in [6.07, 6.45) is 2.00. The van der Waals surface area contributed by atoms with Crippen molar-refractivity contribution in [1.82, 2.24) is 10.2 Å². The zero-order chi connectivity index (χ0) is 22.2. The van der Waals surface area contributed by atoms with Gasteiger partial charge in [-0.3, -0.25) is 14.5 Å². The van der Waals surface area contributed by atoms with E-state index in [4.69, 9.17) is 11.6 Å². The smallest absolute Gasteiger partial charge is 0.387 e. The summed E-state index contributed by atoms with van der Waals surface area (Å²) in [5.41, 5.74) is 0.795. The third-order valence-corrected chi connectivity index (χ3v) is 5.68. The first-order valence-electron chi connectivity index (χ1n) is 9.57. The van der Waals surface area contributed by atoms with Gasteiger partial charge in [-0.1, -0.05) is 35.9 Å². The molecule has 1 heterocycles. The number of aryl methyl sites for hydroxylation is 1. The number of carbonyl (C=O) groups excluding carboxylic acids is 3. The molecule has 0 aromatic heterocycles. The number of hydrogen-bond donors (Lipinski definition) is 2. The van der Waals surface area contributed by atoms with Crippen LogP contribution in [0.3, 0.4) is 0 Å². The number of nitrogens with zero attached hydrogens (tertiary/aromatic N) is 1. The van der Waals surface area contributed by atoms with Crippen LogP contribution in [-0.2, 0) is 21.5 Å². The molecule has 2 aromatic carbocycles. The molecular formula is C21H18ClF2N3O4. The van der Waals surface area contributed by atoms with Gasteiger partial charge in [-0.25, -0.2) is 4.79 Å². The molecule has 10 heteroatoms. The summed E-state index contributed by atoms with van der Waals surface area (Å²) >= 11 is 5.88. The molecule has 1 spiro atoms. The molecule has 0 bridgehead atoms. The molecule has 1 aliphatic carbocycles. The number of carbonyl (C=O) groups is 3. The number of nitrogens with one attached hydrogen (secondary N) is 2. The highest BCUT2D eigenvalue weighted by molar-refractivity contribution is 6.32. The van der Waals surface area contributed by atoms with Gasteiger partial charge in [0.2, 0.25) is 5.91 Å². The summed E-state index contributed by atoms with van der Waals surface area (Å²) in [5.74, 6) is -1.34. The molecule has 1 atom stereocenters. The van der Waals surface area contributed by atoms with Crippen molar-refractivity contribution in [2.24, 2.45) is 0 Å². The number of rotatable bonds is 5. The molecule has 1 fully saturated rings. The van der Waals surface area contributed by atoms with Gasteiger partial charge < -0.3 is 15.4 Å². The van der Waals surface area contributed by atoms with E-state index in [1.165, 1.54) is 18.2 Å². The van der Waals surface area contributed by atoms with Crippen LogP contribution in [0, 0.1) is 0 Å². The van der Waals surface area contributed by atoms with Crippen molar-refractivity contribution in [1.29, 1.82) is 0 Å². The molecule has 2 N–H and O–H groups in total. The van der Waals surface area contributed by atoms with Gasteiger partial charge in [0.1, 0.15) is 17.8 Å². The average molecular weight is 450 g/mol. The van der Waals surface area contributed by atoms with E-state index in [0.29, 0.717) is 6.42 Å². The van der Waals surface area contributed by atoms with Crippen LogP contribution >= 0.6 is 11.6 Å². The predicted octanol–water partition coefficient (Wildman–Crippen LogP) is 3.66. The number of anilines is 1. The molecule has 4 rings (SSSR count). The second kappa shape index (κ2) is 8.14. The maximum atomic E-state index is 13.2. The highest BCUT2D eigenvalue weighted by Gasteiger charge is 2.54. The highest BCUT2D eigenvalue weighted by atomic mass is 35.5. The van der Waals surface area contributed by atoms with Crippen molar-refractivity contribution in [2.75, 3.05) is 11.9 Å². The Morgan fingerprint density at radius 3 is 2.77 bits per heavy atom. The summed E-state index contributed by atoms with van der Waals surface area (Å²) in [5, 5.41) is 5.16. The highest BCUT2D eigenvalue weighted by Crippen LogP contribution is 2.39. The van der Waals surface area contributed by atoms with Gasteiger partial charge in [0.15, 0.2) is 0 Å². The molecule has 162 valence electrons. The minimum atomic E-state index is -3.03. The van der Waals surface area contributed by atoms with E-state index in [2.05, 4.69) is 15.4 Å². The van der Waals surface area contributed by atoms with Crippen molar-refractivity contribution >= 4 is 35.1 Å². The fraction of sp³-hybridized carbons (Fsp3) is 0.286. The van der Waals surface area contributed by atoms with Crippen LogP contribution in [0.1, 0.15) is 24.0 Å². The lowest BCUT2D eigenvalue weighted by Gasteiger charge is -2.33. The Morgan fingerprint density at radius 2 is 2.03 bits per heavy atom. The summed E-state index contributed by atoms with van der Waals surface area (Å²) in [6, 6.07) is 10.5. The minimum Gasteiger partial charge on any atom is -0.433 e. The Balaban J connectivity index is 1.48. The fourth-order valence-electron chi connectivity index (χ4n) is 4.07. The van der Waals surface area contributed by atoms with E-state index in [9.17, 15) is 23.2 Å². The molecule has 1 aliphatic heterocycles. The van der Waals surface area contributed by atoms with E-state index in [1.54, 1.807) is 0 Å². The van der Waals surface area contributed by atoms with Gasteiger partial charge in [0, 0.05) is 5.69 Å². The third-order valence-electron chi connectivity index (χ3n) is 5.38. The number of hydrogen-bond acceptors (Lipinski definition) is 4. The first kappa shape index (κ1) is 21.0. The lowest BCUT2D eigenvalue weighted by molar-refractivity contribution is -0.134. The lowest BCUT2D eigenvalue weighted by Crippen LogP contribution is -2.47. The Bertz CT molecular complexity index is 1060. The van der Waals surface area contributed by atoms with Gasteiger partial charge in [0.05, 0.1) is 5.02 Å². The van der Waals surface area contributed by atoms with E-state index in [-0.39, 0.29) is 16.5 Å². The number of amides is 4. The number of alkyl halides is 2. The van der Waals surface area contributed by atoms with E-state index in [0.717, 1.165) is 28.9 Å². The second-order valence-corrected chi connectivity index (χ2v) is 7.72. The standard InChI is InChI=1S/C21H18ClF2N3O4/c22-15-10-13(7-8-16(15)31-19(23)24)25-17(28)11-27-18(29)21(26-20(27)30)9-3-5-12-4-1-2-6-14(12)21/h1-2,4,6-8,10,19H,3,5,9,11H2,(H,25,28)(H,26,30). The van der Waals surface area contributed by atoms with Gasteiger partial charge >= 0.3 is 12.6 Å². The molecule has 4 amide bonds. The molecule has 1 saturated heterocycles. The predicted molar refractivity (Wildman–Crippen MR) is 108 cm³/mol. The van der Waals surface area contributed by atoms with Crippen molar-refractivity contribution in [3.05, 3.63) is 58.6 Å². The normalized spacial score (nSPS) is 20.1. The summed E-state index contributed by atoms with van der Waals surface area (Å²) in [4.78, 5) is 39.1. The monoisotopic (exact) mass is 449 g/mol. The van der Waals surface area contributed by atoms with Crippen LogP contribution in [0.2, 0.25) is 5.02 Å². The zero-order valence-electron chi connectivity index (χ0n) is 16.2. The first-order chi connectivity index (χ1) is 14.8. The average Bonchev–Trinajstić information content (AvgIpc) is 2.95. The summed E-state index contributed by atoms with van der Waals surface area (Å²) in [6.45, 7) is -3.53. The largest absolute Gasteiger partial charge is 0.433 e. The molecule has 31 heavy (non-hydrogen) atoms. The topological polar surface area (TPSA) is 87.7 Å². The maximum Gasteiger partial charge on any atom is 0.387 e. The Morgan fingerprint density at radius 1 is 1.26 bits per heavy atom. The quantitative estimate of drug-likeness (QED) is 0.682. The molecule has 2 aromatic rings. The lowest BCUT2D eigenvalue weighted by atomic mass is 9.76. The second-order valence-electron chi connectivity index (χ2n) is 7.31. The first-order valence-corrected chi connectivity index (χ1v) is 9.95. The molecule has 1 unspecified atom stereocenters. The van der Waals surface area contributed by atoms with Crippen LogP contribution in [0.15, 0.2) is 42.5 Å². The Hall–Kier alpha value is -3.20.